The second-order valence-electron chi connectivity index (χ2n) is 6.64. The zero-order valence-electron chi connectivity index (χ0n) is 15.5. The molecule has 0 aliphatic heterocycles. The summed E-state index contributed by atoms with van der Waals surface area (Å²) in [4.78, 5) is 23.4. The lowest BCUT2D eigenvalue weighted by Crippen LogP contribution is -2.30. The molecule has 2 aromatic carbocycles. The number of ether oxygens (including phenoxy) is 1. The summed E-state index contributed by atoms with van der Waals surface area (Å²) in [5.74, 6) is 0.805. The van der Waals surface area contributed by atoms with Crippen molar-refractivity contribution in [2.24, 2.45) is 5.92 Å². The fraction of sp³-hybridized carbons (Fsp3) is 0.350. The first-order valence-corrected chi connectivity index (χ1v) is 8.52. The number of benzene rings is 2. The fourth-order valence-electron chi connectivity index (χ4n) is 2.89. The van der Waals surface area contributed by atoms with Crippen molar-refractivity contribution >= 4 is 11.6 Å². The third-order valence-corrected chi connectivity index (χ3v) is 4.28. The van der Waals surface area contributed by atoms with Gasteiger partial charge in [-0.15, -0.1) is 0 Å². The van der Waals surface area contributed by atoms with Crippen LogP contribution in [0.5, 0.6) is 5.75 Å². The van der Waals surface area contributed by atoms with Gasteiger partial charge in [-0.3, -0.25) is 14.9 Å². The molecule has 0 bridgehead atoms. The number of nitrogens with zero attached hydrogens (tertiary/aromatic N) is 1. The number of carbonyl (C=O) groups is 1. The molecule has 138 valence electrons. The zero-order valence-corrected chi connectivity index (χ0v) is 15.5. The van der Waals surface area contributed by atoms with Gasteiger partial charge in [0.15, 0.2) is 0 Å². The van der Waals surface area contributed by atoms with Crippen LogP contribution in [0.2, 0.25) is 0 Å². The Kier molecular flexibility index (Phi) is 6.33. The molecule has 0 aromatic heterocycles. The fourth-order valence-corrected chi connectivity index (χ4v) is 2.89. The van der Waals surface area contributed by atoms with Gasteiger partial charge >= 0.3 is 0 Å². The van der Waals surface area contributed by atoms with Gasteiger partial charge in [0.1, 0.15) is 5.75 Å². The lowest BCUT2D eigenvalue weighted by atomic mass is 9.96. The predicted molar refractivity (Wildman–Crippen MR) is 100 cm³/mol. The van der Waals surface area contributed by atoms with Gasteiger partial charge in [-0.25, -0.2) is 0 Å². The van der Waals surface area contributed by atoms with E-state index in [0.29, 0.717) is 17.0 Å². The van der Waals surface area contributed by atoms with Crippen LogP contribution >= 0.6 is 0 Å². The highest BCUT2D eigenvalue weighted by atomic mass is 16.6. The first-order chi connectivity index (χ1) is 12.3. The predicted octanol–water partition coefficient (Wildman–Crippen LogP) is 4.43. The quantitative estimate of drug-likeness (QED) is 0.588. The molecule has 0 radical (unpaired) electrons. The molecule has 0 fully saturated rings. The van der Waals surface area contributed by atoms with Crippen molar-refractivity contribution in [3.8, 4) is 5.75 Å². The summed E-state index contributed by atoms with van der Waals surface area (Å²) < 4.78 is 5.18. The maximum Gasteiger partial charge on any atom is 0.273 e. The number of nitrogens with one attached hydrogen (secondary N) is 1. The van der Waals surface area contributed by atoms with E-state index < -0.39 is 4.92 Å². The van der Waals surface area contributed by atoms with Crippen LogP contribution in [0.15, 0.2) is 42.5 Å². The first-order valence-electron chi connectivity index (χ1n) is 8.52. The third kappa shape index (κ3) is 4.59. The highest BCUT2D eigenvalue weighted by Gasteiger charge is 2.21. The standard InChI is InChI=1S/C20H24N2O4/c1-13(2)12-18(15-8-10-16(26-4)11-9-15)21-20(23)17-6-5-7-19(14(17)3)22(24)25/h5-11,13,18H,12H2,1-4H3,(H,21,23). The van der Waals surface area contributed by atoms with Crippen molar-refractivity contribution in [1.82, 2.24) is 5.32 Å². The molecule has 0 spiro atoms. The average molecular weight is 356 g/mol. The minimum absolute atomic E-state index is 0.0532. The Morgan fingerprint density at radius 3 is 2.38 bits per heavy atom. The number of hydrogen-bond donors (Lipinski definition) is 1. The van der Waals surface area contributed by atoms with Gasteiger partial charge in [-0.2, -0.15) is 0 Å². The summed E-state index contributed by atoms with van der Waals surface area (Å²) in [5, 5.41) is 14.1. The van der Waals surface area contributed by atoms with Crippen molar-refractivity contribution in [3.05, 3.63) is 69.3 Å². The van der Waals surface area contributed by atoms with Crippen LogP contribution < -0.4 is 10.1 Å². The highest BCUT2D eigenvalue weighted by Crippen LogP contribution is 2.26. The van der Waals surface area contributed by atoms with E-state index in [9.17, 15) is 14.9 Å². The normalized spacial score (nSPS) is 11.9. The van der Waals surface area contributed by atoms with Crippen LogP contribution in [0.3, 0.4) is 0 Å². The Morgan fingerprint density at radius 2 is 1.85 bits per heavy atom. The Bertz CT molecular complexity index is 785. The molecule has 26 heavy (non-hydrogen) atoms. The molecule has 0 aliphatic rings. The topological polar surface area (TPSA) is 81.5 Å². The molecule has 0 saturated carbocycles. The van der Waals surface area contributed by atoms with Gasteiger partial charge in [-0.05, 0) is 43.0 Å². The Balaban J connectivity index is 2.29. The average Bonchev–Trinajstić information content (AvgIpc) is 2.60. The van der Waals surface area contributed by atoms with Crippen molar-refractivity contribution in [3.63, 3.8) is 0 Å². The summed E-state index contributed by atoms with van der Waals surface area (Å²) in [6, 6.07) is 11.9. The van der Waals surface area contributed by atoms with E-state index in [-0.39, 0.29) is 17.6 Å². The van der Waals surface area contributed by atoms with Crippen LogP contribution in [-0.4, -0.2) is 17.9 Å². The second kappa shape index (κ2) is 8.47. The molecule has 0 aliphatic carbocycles. The minimum Gasteiger partial charge on any atom is -0.497 e. The molecule has 1 amide bonds. The minimum atomic E-state index is -0.471. The maximum absolute atomic E-state index is 12.8. The van der Waals surface area contributed by atoms with Gasteiger partial charge in [0.05, 0.1) is 18.1 Å². The second-order valence-corrected chi connectivity index (χ2v) is 6.64. The van der Waals surface area contributed by atoms with E-state index in [1.807, 2.05) is 24.3 Å². The van der Waals surface area contributed by atoms with E-state index >= 15 is 0 Å². The van der Waals surface area contributed by atoms with Crippen LogP contribution in [-0.2, 0) is 0 Å². The van der Waals surface area contributed by atoms with Crippen LogP contribution in [0.1, 0.15) is 47.8 Å². The molecule has 1 atom stereocenters. The van der Waals surface area contributed by atoms with Gasteiger partial charge in [0.2, 0.25) is 0 Å². The lowest BCUT2D eigenvalue weighted by molar-refractivity contribution is -0.385. The van der Waals surface area contributed by atoms with Crippen molar-refractivity contribution < 1.29 is 14.5 Å². The number of nitro groups is 1. The van der Waals surface area contributed by atoms with E-state index in [2.05, 4.69) is 19.2 Å². The summed E-state index contributed by atoms with van der Waals surface area (Å²) in [6.07, 6.45) is 0.756. The van der Waals surface area contributed by atoms with Gasteiger partial charge in [0.25, 0.3) is 11.6 Å². The van der Waals surface area contributed by atoms with Gasteiger partial charge in [0, 0.05) is 17.2 Å². The molecule has 0 saturated heterocycles. The molecule has 1 N–H and O–H groups in total. The summed E-state index contributed by atoms with van der Waals surface area (Å²) in [5.41, 5.74) is 1.60. The van der Waals surface area contributed by atoms with E-state index in [1.165, 1.54) is 12.1 Å². The van der Waals surface area contributed by atoms with E-state index in [4.69, 9.17) is 4.74 Å². The van der Waals surface area contributed by atoms with Gasteiger partial charge < -0.3 is 10.1 Å². The Hall–Kier alpha value is -2.89. The molecule has 6 heteroatoms. The molecule has 1 unspecified atom stereocenters. The van der Waals surface area contributed by atoms with Gasteiger partial charge in [-0.1, -0.05) is 32.0 Å². The van der Waals surface area contributed by atoms with Crippen LogP contribution in [0.25, 0.3) is 0 Å². The third-order valence-electron chi connectivity index (χ3n) is 4.28. The van der Waals surface area contributed by atoms with Crippen LogP contribution in [0.4, 0.5) is 5.69 Å². The largest absolute Gasteiger partial charge is 0.497 e. The molecular weight excluding hydrogens is 332 g/mol. The number of methoxy groups -OCH3 is 1. The number of nitro benzene ring substituents is 1. The molecular formula is C20H24N2O4. The smallest absolute Gasteiger partial charge is 0.273 e. The number of rotatable bonds is 7. The molecule has 6 nitrogen and oxygen atoms in total. The van der Waals surface area contributed by atoms with Crippen LogP contribution in [0, 0.1) is 23.0 Å². The number of amides is 1. The van der Waals surface area contributed by atoms with E-state index in [1.54, 1.807) is 20.1 Å². The monoisotopic (exact) mass is 356 g/mol. The lowest BCUT2D eigenvalue weighted by Gasteiger charge is -2.22. The SMILES string of the molecule is COc1ccc(C(CC(C)C)NC(=O)c2cccc([N+](=O)[O-])c2C)cc1. The highest BCUT2D eigenvalue weighted by molar-refractivity contribution is 5.96. The maximum atomic E-state index is 12.8. The summed E-state index contributed by atoms with van der Waals surface area (Å²) in [7, 11) is 1.60. The molecule has 2 aromatic rings. The number of carbonyl (C=O) groups excluding carboxylic acids is 1. The molecule has 0 heterocycles. The Labute approximate surface area is 153 Å². The van der Waals surface area contributed by atoms with Crippen molar-refractivity contribution in [2.45, 2.75) is 33.2 Å². The number of hydrogen-bond acceptors (Lipinski definition) is 4. The molecule has 2 rings (SSSR count). The zero-order chi connectivity index (χ0) is 19.3. The van der Waals surface area contributed by atoms with E-state index in [0.717, 1.165) is 17.7 Å². The first kappa shape index (κ1) is 19.4. The van der Waals surface area contributed by atoms with Crippen molar-refractivity contribution in [1.29, 1.82) is 0 Å². The Morgan fingerprint density at radius 1 is 1.19 bits per heavy atom. The summed E-state index contributed by atoms with van der Waals surface area (Å²) in [6.45, 7) is 5.76. The summed E-state index contributed by atoms with van der Waals surface area (Å²) >= 11 is 0. The van der Waals surface area contributed by atoms with Crippen molar-refractivity contribution in [2.75, 3.05) is 7.11 Å².